The number of carbonyl (C=O) groups is 1. The number of thiophene rings is 1. The van der Waals surface area contributed by atoms with Crippen LogP contribution in [0.5, 0.6) is 0 Å². The highest BCUT2D eigenvalue weighted by Crippen LogP contribution is 2.27. The Morgan fingerprint density at radius 2 is 2.00 bits per heavy atom. The van der Waals surface area contributed by atoms with Gasteiger partial charge in [-0.05, 0) is 55.0 Å². The summed E-state index contributed by atoms with van der Waals surface area (Å²) in [7, 11) is -3.73. The van der Waals surface area contributed by atoms with E-state index in [2.05, 4.69) is 15.9 Å². The van der Waals surface area contributed by atoms with Gasteiger partial charge in [0, 0.05) is 15.9 Å². The molecule has 1 aliphatic rings. The van der Waals surface area contributed by atoms with Crippen LogP contribution in [-0.4, -0.2) is 31.3 Å². The SMILES string of the molecule is O=C(OCc1cccs1)[C@@H]1CCCCN1S(=O)(=O)c1ccc(Br)cc1. The summed E-state index contributed by atoms with van der Waals surface area (Å²) in [5, 5.41) is 1.91. The third kappa shape index (κ3) is 4.31. The summed E-state index contributed by atoms with van der Waals surface area (Å²) in [5.41, 5.74) is 0. The first-order valence-electron chi connectivity index (χ1n) is 7.95. The Bertz CT molecular complexity index is 819. The molecule has 0 unspecified atom stereocenters. The van der Waals surface area contributed by atoms with Crippen LogP contribution in [0.3, 0.4) is 0 Å². The maximum absolute atomic E-state index is 13.0. The lowest BCUT2D eigenvalue weighted by Gasteiger charge is -2.33. The molecule has 1 aromatic carbocycles. The van der Waals surface area contributed by atoms with Gasteiger partial charge in [-0.2, -0.15) is 4.31 Å². The zero-order valence-corrected chi connectivity index (χ0v) is 16.6. The fraction of sp³-hybridized carbons (Fsp3) is 0.353. The van der Waals surface area contributed by atoms with E-state index in [1.54, 1.807) is 24.3 Å². The van der Waals surface area contributed by atoms with Crippen LogP contribution in [0.2, 0.25) is 0 Å². The van der Waals surface area contributed by atoms with Gasteiger partial charge in [0.25, 0.3) is 0 Å². The molecule has 1 saturated heterocycles. The van der Waals surface area contributed by atoms with Gasteiger partial charge in [0.1, 0.15) is 12.6 Å². The second-order valence-corrected chi connectivity index (χ2v) is 9.61. The standard InChI is InChI=1S/C17H18BrNO4S2/c18-13-6-8-15(9-7-13)25(21,22)19-10-2-1-5-16(19)17(20)23-12-14-4-3-11-24-14/h3-4,6-9,11,16H,1-2,5,10,12H2/t16-/m0/s1. The van der Waals surface area contributed by atoms with Crippen molar-refractivity contribution in [1.29, 1.82) is 0 Å². The van der Waals surface area contributed by atoms with Crippen molar-refractivity contribution < 1.29 is 17.9 Å². The Labute approximate surface area is 159 Å². The van der Waals surface area contributed by atoms with Gasteiger partial charge in [0.05, 0.1) is 4.90 Å². The number of halogens is 1. The van der Waals surface area contributed by atoms with Gasteiger partial charge in [-0.15, -0.1) is 11.3 Å². The maximum Gasteiger partial charge on any atom is 0.324 e. The van der Waals surface area contributed by atoms with Crippen LogP contribution in [-0.2, 0) is 26.2 Å². The summed E-state index contributed by atoms with van der Waals surface area (Å²) in [5.74, 6) is -0.478. The number of sulfonamides is 1. The fourth-order valence-corrected chi connectivity index (χ4v) is 5.33. The topological polar surface area (TPSA) is 63.7 Å². The number of hydrogen-bond donors (Lipinski definition) is 0. The smallest absolute Gasteiger partial charge is 0.324 e. The zero-order valence-electron chi connectivity index (χ0n) is 13.4. The monoisotopic (exact) mass is 443 g/mol. The van der Waals surface area contributed by atoms with Crippen LogP contribution in [0.4, 0.5) is 0 Å². The van der Waals surface area contributed by atoms with E-state index in [1.165, 1.54) is 15.6 Å². The van der Waals surface area contributed by atoms with Crippen molar-refractivity contribution in [2.45, 2.75) is 36.8 Å². The second kappa shape index (κ2) is 7.99. The molecule has 1 atom stereocenters. The molecule has 5 nitrogen and oxygen atoms in total. The summed E-state index contributed by atoms with van der Waals surface area (Å²) in [6.45, 7) is 0.510. The maximum atomic E-state index is 13.0. The first-order valence-corrected chi connectivity index (χ1v) is 11.1. The zero-order chi connectivity index (χ0) is 17.9. The van der Waals surface area contributed by atoms with E-state index in [4.69, 9.17) is 4.74 Å². The Kier molecular flexibility index (Phi) is 5.93. The van der Waals surface area contributed by atoms with Crippen molar-refractivity contribution in [1.82, 2.24) is 4.31 Å². The van der Waals surface area contributed by atoms with Crippen LogP contribution < -0.4 is 0 Å². The molecule has 0 spiro atoms. The molecule has 0 radical (unpaired) electrons. The average molecular weight is 444 g/mol. The Morgan fingerprint density at radius 1 is 1.24 bits per heavy atom. The number of rotatable bonds is 5. The normalized spacial score (nSPS) is 18.8. The van der Waals surface area contributed by atoms with E-state index >= 15 is 0 Å². The van der Waals surface area contributed by atoms with Crippen LogP contribution in [0.1, 0.15) is 24.1 Å². The molecule has 0 N–H and O–H groups in total. The minimum Gasteiger partial charge on any atom is -0.459 e. The van der Waals surface area contributed by atoms with Crippen molar-refractivity contribution in [2.75, 3.05) is 6.54 Å². The number of hydrogen-bond acceptors (Lipinski definition) is 5. The molecule has 0 saturated carbocycles. The highest BCUT2D eigenvalue weighted by atomic mass is 79.9. The van der Waals surface area contributed by atoms with E-state index < -0.39 is 22.0 Å². The van der Waals surface area contributed by atoms with E-state index in [0.717, 1.165) is 22.2 Å². The second-order valence-electron chi connectivity index (χ2n) is 5.77. The fourth-order valence-electron chi connectivity index (χ4n) is 2.80. The van der Waals surface area contributed by atoms with Crippen LogP contribution in [0.15, 0.2) is 51.1 Å². The third-order valence-corrected chi connectivity index (χ3v) is 7.38. The molecule has 25 heavy (non-hydrogen) atoms. The molecule has 0 amide bonds. The van der Waals surface area contributed by atoms with E-state index in [9.17, 15) is 13.2 Å². The minimum atomic E-state index is -3.73. The molecule has 3 rings (SSSR count). The molecule has 1 aromatic heterocycles. The molecule has 1 fully saturated rings. The molecular weight excluding hydrogens is 426 g/mol. The number of carbonyl (C=O) groups excluding carboxylic acids is 1. The Balaban J connectivity index is 1.77. The van der Waals surface area contributed by atoms with Gasteiger partial charge < -0.3 is 4.74 Å². The van der Waals surface area contributed by atoms with E-state index in [0.29, 0.717) is 13.0 Å². The minimum absolute atomic E-state index is 0.180. The number of ether oxygens (including phenoxy) is 1. The number of benzene rings is 1. The van der Waals surface area contributed by atoms with Gasteiger partial charge in [0.15, 0.2) is 0 Å². The highest BCUT2D eigenvalue weighted by molar-refractivity contribution is 9.10. The number of piperidine rings is 1. The van der Waals surface area contributed by atoms with Crippen molar-refractivity contribution in [3.8, 4) is 0 Å². The van der Waals surface area contributed by atoms with Gasteiger partial charge in [-0.3, -0.25) is 4.79 Å². The predicted octanol–water partition coefficient (Wildman–Crippen LogP) is 3.80. The van der Waals surface area contributed by atoms with Crippen molar-refractivity contribution in [3.05, 3.63) is 51.1 Å². The summed E-state index contributed by atoms with van der Waals surface area (Å²) < 4.78 is 33.4. The van der Waals surface area contributed by atoms with Gasteiger partial charge in [0.2, 0.25) is 10.0 Å². The molecule has 0 aliphatic carbocycles. The highest BCUT2D eigenvalue weighted by Gasteiger charge is 2.38. The summed E-state index contributed by atoms with van der Waals surface area (Å²) in [6, 6.07) is 9.46. The summed E-state index contributed by atoms with van der Waals surface area (Å²) in [6.07, 6.45) is 2.04. The van der Waals surface area contributed by atoms with Crippen molar-refractivity contribution in [2.24, 2.45) is 0 Å². The number of nitrogens with zero attached hydrogens (tertiary/aromatic N) is 1. The lowest BCUT2D eigenvalue weighted by molar-refractivity contribution is -0.150. The van der Waals surface area contributed by atoms with Crippen LogP contribution in [0.25, 0.3) is 0 Å². The molecule has 0 bridgehead atoms. The Hall–Kier alpha value is -1.22. The summed E-state index contributed by atoms with van der Waals surface area (Å²) in [4.78, 5) is 13.6. The molecule has 1 aliphatic heterocycles. The average Bonchev–Trinajstić information content (AvgIpc) is 3.13. The summed E-state index contributed by atoms with van der Waals surface area (Å²) >= 11 is 4.80. The predicted molar refractivity (Wildman–Crippen MR) is 99.8 cm³/mol. The molecular formula is C17H18BrNO4S2. The largest absolute Gasteiger partial charge is 0.459 e. The first kappa shape index (κ1) is 18.6. The first-order chi connectivity index (χ1) is 12.0. The lowest BCUT2D eigenvalue weighted by Crippen LogP contribution is -2.48. The third-order valence-electron chi connectivity index (χ3n) is 4.08. The van der Waals surface area contributed by atoms with Gasteiger partial charge in [-0.25, -0.2) is 8.42 Å². The van der Waals surface area contributed by atoms with E-state index in [-0.39, 0.29) is 11.5 Å². The van der Waals surface area contributed by atoms with Crippen LogP contribution >= 0.6 is 27.3 Å². The molecule has 8 heteroatoms. The van der Waals surface area contributed by atoms with Crippen LogP contribution in [0, 0.1) is 0 Å². The quantitative estimate of drug-likeness (QED) is 0.659. The van der Waals surface area contributed by atoms with E-state index in [1.807, 2.05) is 17.5 Å². The van der Waals surface area contributed by atoms with Gasteiger partial charge >= 0.3 is 5.97 Å². The Morgan fingerprint density at radius 3 is 2.68 bits per heavy atom. The molecule has 134 valence electrons. The number of esters is 1. The molecule has 2 heterocycles. The van der Waals surface area contributed by atoms with Crippen molar-refractivity contribution in [3.63, 3.8) is 0 Å². The van der Waals surface area contributed by atoms with Crippen molar-refractivity contribution >= 4 is 43.3 Å². The van der Waals surface area contributed by atoms with Gasteiger partial charge in [-0.1, -0.05) is 22.0 Å². The lowest BCUT2D eigenvalue weighted by atomic mass is 10.1. The molecule has 2 aromatic rings.